The van der Waals surface area contributed by atoms with Crippen LogP contribution in [0.25, 0.3) is 10.6 Å². The average Bonchev–Trinajstić information content (AvgIpc) is 3.48. The van der Waals surface area contributed by atoms with E-state index in [1.165, 1.54) is 23.5 Å². The summed E-state index contributed by atoms with van der Waals surface area (Å²) in [6.45, 7) is 0. The molecule has 0 spiro atoms. The van der Waals surface area contributed by atoms with Crippen LogP contribution in [-0.4, -0.2) is 32.2 Å². The molecule has 0 aliphatic carbocycles. The first kappa shape index (κ1) is 21.8. The second kappa shape index (κ2) is 9.80. The molecule has 2 heterocycles. The Morgan fingerprint density at radius 1 is 0.906 bits per heavy atom. The highest BCUT2D eigenvalue weighted by Crippen LogP contribution is 2.34. The highest BCUT2D eigenvalue weighted by molar-refractivity contribution is 7.14. The minimum Gasteiger partial charge on any atom is -0.496 e. The van der Waals surface area contributed by atoms with E-state index in [1.807, 2.05) is 22.9 Å². The van der Waals surface area contributed by atoms with E-state index < -0.39 is 0 Å². The molecule has 32 heavy (non-hydrogen) atoms. The fourth-order valence-electron chi connectivity index (χ4n) is 2.98. The summed E-state index contributed by atoms with van der Waals surface area (Å²) in [6, 6.07) is 13.6. The van der Waals surface area contributed by atoms with Crippen molar-refractivity contribution in [2.75, 3.05) is 21.3 Å². The van der Waals surface area contributed by atoms with Crippen LogP contribution in [0.2, 0.25) is 0 Å². The molecule has 0 N–H and O–H groups in total. The van der Waals surface area contributed by atoms with E-state index in [2.05, 4.69) is 4.99 Å². The molecule has 0 aliphatic rings. The third-order valence-corrected chi connectivity index (χ3v) is 6.27. The topological polar surface area (TPSA) is 57.3 Å². The van der Waals surface area contributed by atoms with Crippen LogP contribution in [0.3, 0.4) is 0 Å². The SMILES string of the molecule is COc1cc(OC)c(OC)cc1C=Nn1c(-c2cccs2)csc1=Nc1ccc(F)cc1. The predicted molar refractivity (Wildman–Crippen MR) is 126 cm³/mol. The van der Waals surface area contributed by atoms with Crippen LogP contribution in [0.15, 0.2) is 69.4 Å². The highest BCUT2D eigenvalue weighted by Gasteiger charge is 2.12. The van der Waals surface area contributed by atoms with Crippen LogP contribution < -0.4 is 19.0 Å². The second-order valence-electron chi connectivity index (χ2n) is 6.47. The first-order valence-corrected chi connectivity index (χ1v) is 11.3. The van der Waals surface area contributed by atoms with E-state index in [0.717, 1.165) is 10.6 Å². The fraction of sp³-hybridized carbons (Fsp3) is 0.130. The number of thiazole rings is 1. The minimum atomic E-state index is -0.305. The molecule has 0 atom stereocenters. The molecule has 9 heteroatoms. The maximum atomic E-state index is 13.3. The molecule has 4 rings (SSSR count). The maximum absolute atomic E-state index is 13.3. The van der Waals surface area contributed by atoms with Crippen molar-refractivity contribution in [2.45, 2.75) is 0 Å². The van der Waals surface area contributed by atoms with E-state index in [-0.39, 0.29) is 5.82 Å². The van der Waals surface area contributed by atoms with Gasteiger partial charge in [-0.15, -0.1) is 22.7 Å². The van der Waals surface area contributed by atoms with Crippen LogP contribution in [0.5, 0.6) is 17.2 Å². The standard InChI is InChI=1S/C23H20FN3O3S2/c1-28-19-12-21(30-3)20(29-2)11-15(19)13-25-27-18(22-5-4-10-31-22)14-32-23(27)26-17-8-6-16(24)7-9-17/h4-14H,1-3H3. The van der Waals surface area contributed by atoms with Crippen LogP contribution in [0.1, 0.15) is 5.56 Å². The molecule has 0 unspecified atom stereocenters. The number of benzene rings is 2. The zero-order valence-electron chi connectivity index (χ0n) is 17.6. The molecule has 0 bridgehead atoms. The summed E-state index contributed by atoms with van der Waals surface area (Å²) in [4.78, 5) is 6.36. The molecule has 2 aromatic heterocycles. The summed E-state index contributed by atoms with van der Waals surface area (Å²) in [5.74, 6) is 1.42. The first-order chi connectivity index (χ1) is 15.6. The molecule has 0 saturated carbocycles. The molecular formula is C23H20FN3O3S2. The van der Waals surface area contributed by atoms with Gasteiger partial charge in [0, 0.05) is 17.0 Å². The molecule has 2 aromatic carbocycles. The quantitative estimate of drug-likeness (QED) is 0.333. The lowest BCUT2D eigenvalue weighted by Gasteiger charge is -2.12. The molecule has 0 amide bonds. The summed E-state index contributed by atoms with van der Waals surface area (Å²) >= 11 is 3.06. The van der Waals surface area contributed by atoms with Gasteiger partial charge in [-0.05, 0) is 41.8 Å². The number of methoxy groups -OCH3 is 3. The van der Waals surface area contributed by atoms with Gasteiger partial charge in [-0.3, -0.25) is 0 Å². The Balaban J connectivity index is 1.83. The van der Waals surface area contributed by atoms with Crippen LogP contribution in [0.4, 0.5) is 10.1 Å². The minimum absolute atomic E-state index is 0.305. The van der Waals surface area contributed by atoms with E-state index in [1.54, 1.807) is 67.8 Å². The molecule has 4 aromatic rings. The van der Waals surface area contributed by atoms with Gasteiger partial charge in [-0.25, -0.2) is 14.1 Å². The van der Waals surface area contributed by atoms with Gasteiger partial charge in [0.05, 0.1) is 43.8 Å². The first-order valence-electron chi connectivity index (χ1n) is 9.52. The number of hydrogen-bond acceptors (Lipinski definition) is 7. The fourth-order valence-corrected chi connectivity index (χ4v) is 4.63. The second-order valence-corrected chi connectivity index (χ2v) is 8.26. The summed E-state index contributed by atoms with van der Waals surface area (Å²) in [7, 11) is 4.74. The molecule has 0 saturated heterocycles. The molecule has 6 nitrogen and oxygen atoms in total. The van der Waals surface area contributed by atoms with Crippen molar-refractivity contribution in [1.29, 1.82) is 0 Å². The number of thiophene rings is 1. The monoisotopic (exact) mass is 469 g/mol. The Labute approximate surface area is 192 Å². The lowest BCUT2D eigenvalue weighted by Crippen LogP contribution is -2.11. The van der Waals surface area contributed by atoms with Gasteiger partial charge in [0.2, 0.25) is 4.80 Å². The van der Waals surface area contributed by atoms with Crippen LogP contribution in [0, 0.1) is 5.82 Å². The molecule has 0 fully saturated rings. The molecule has 164 valence electrons. The van der Waals surface area contributed by atoms with Crippen molar-refractivity contribution in [3.8, 4) is 27.8 Å². The summed E-state index contributed by atoms with van der Waals surface area (Å²) in [6.07, 6.45) is 1.69. The zero-order chi connectivity index (χ0) is 22.5. The van der Waals surface area contributed by atoms with Gasteiger partial charge >= 0.3 is 0 Å². The van der Waals surface area contributed by atoms with Gasteiger partial charge in [-0.2, -0.15) is 5.10 Å². The number of ether oxygens (including phenoxy) is 3. The van der Waals surface area contributed by atoms with Gasteiger partial charge in [0.1, 0.15) is 11.6 Å². The summed E-state index contributed by atoms with van der Waals surface area (Å²) < 4.78 is 31.3. The third-order valence-electron chi connectivity index (χ3n) is 4.56. The number of rotatable bonds is 7. The van der Waals surface area contributed by atoms with Crippen LogP contribution in [-0.2, 0) is 0 Å². The van der Waals surface area contributed by atoms with Gasteiger partial charge in [0.25, 0.3) is 0 Å². The number of aromatic nitrogens is 1. The molecule has 0 aliphatic heterocycles. The average molecular weight is 470 g/mol. The normalized spacial score (nSPS) is 11.8. The van der Waals surface area contributed by atoms with Gasteiger partial charge in [0.15, 0.2) is 11.5 Å². The third kappa shape index (κ3) is 4.58. The molecule has 0 radical (unpaired) electrons. The summed E-state index contributed by atoms with van der Waals surface area (Å²) in [5, 5.41) is 8.72. The van der Waals surface area contributed by atoms with Crippen molar-refractivity contribution in [3.63, 3.8) is 0 Å². The lowest BCUT2D eigenvalue weighted by atomic mass is 10.2. The van der Waals surface area contributed by atoms with E-state index in [4.69, 9.17) is 19.3 Å². The molecular weight excluding hydrogens is 449 g/mol. The van der Waals surface area contributed by atoms with Crippen molar-refractivity contribution in [1.82, 2.24) is 4.68 Å². The van der Waals surface area contributed by atoms with Crippen molar-refractivity contribution < 1.29 is 18.6 Å². The Bertz CT molecular complexity index is 1290. The number of hydrogen-bond donors (Lipinski definition) is 0. The predicted octanol–water partition coefficient (Wildman–Crippen LogP) is 5.56. The van der Waals surface area contributed by atoms with Crippen molar-refractivity contribution in [2.24, 2.45) is 10.1 Å². The summed E-state index contributed by atoms with van der Waals surface area (Å²) in [5.41, 5.74) is 2.26. The Morgan fingerprint density at radius 2 is 1.62 bits per heavy atom. The van der Waals surface area contributed by atoms with Crippen LogP contribution >= 0.6 is 22.7 Å². The Kier molecular flexibility index (Phi) is 6.67. The van der Waals surface area contributed by atoms with E-state index in [0.29, 0.717) is 33.3 Å². The lowest BCUT2D eigenvalue weighted by molar-refractivity contribution is 0.349. The number of nitrogens with zero attached hydrogens (tertiary/aromatic N) is 3. The van der Waals surface area contributed by atoms with Gasteiger partial charge in [-0.1, -0.05) is 6.07 Å². The Hall–Kier alpha value is -3.43. The maximum Gasteiger partial charge on any atom is 0.211 e. The number of halogens is 1. The van der Waals surface area contributed by atoms with E-state index >= 15 is 0 Å². The smallest absolute Gasteiger partial charge is 0.211 e. The zero-order valence-corrected chi connectivity index (χ0v) is 19.2. The largest absolute Gasteiger partial charge is 0.496 e. The Morgan fingerprint density at radius 3 is 2.28 bits per heavy atom. The van der Waals surface area contributed by atoms with Gasteiger partial charge < -0.3 is 14.2 Å². The van der Waals surface area contributed by atoms with Crippen molar-refractivity contribution >= 4 is 34.6 Å². The van der Waals surface area contributed by atoms with Crippen molar-refractivity contribution in [3.05, 3.63) is 75.5 Å². The van der Waals surface area contributed by atoms with E-state index in [9.17, 15) is 4.39 Å². The highest BCUT2D eigenvalue weighted by atomic mass is 32.1.